The van der Waals surface area contributed by atoms with Gasteiger partial charge in [-0.1, -0.05) is 12.1 Å². The molecule has 0 radical (unpaired) electrons. The summed E-state index contributed by atoms with van der Waals surface area (Å²) in [5.74, 6) is 0.325. The Labute approximate surface area is 162 Å². The minimum absolute atomic E-state index is 0.0394. The van der Waals surface area contributed by atoms with Crippen molar-refractivity contribution in [2.24, 2.45) is 0 Å². The highest BCUT2D eigenvalue weighted by Gasteiger charge is 2.09. The number of pyridine rings is 1. The maximum Gasteiger partial charge on any atom is 0.257 e. The van der Waals surface area contributed by atoms with Crippen molar-refractivity contribution in [1.29, 1.82) is 0 Å². The molecule has 6 heteroatoms. The highest BCUT2D eigenvalue weighted by atomic mass is 16.5. The molecule has 3 aromatic rings. The lowest BCUT2D eigenvalue weighted by Crippen LogP contribution is -2.22. The second kappa shape index (κ2) is 8.35. The molecule has 0 aliphatic carbocycles. The van der Waals surface area contributed by atoms with E-state index in [4.69, 9.17) is 4.74 Å². The minimum atomic E-state index is -0.338. The number of ether oxygens (including phenoxy) is 1. The van der Waals surface area contributed by atoms with Crippen molar-refractivity contribution in [2.45, 2.75) is 13.5 Å². The van der Waals surface area contributed by atoms with Gasteiger partial charge in [-0.25, -0.2) is 0 Å². The molecule has 0 aliphatic rings. The Morgan fingerprint density at radius 2 is 1.71 bits per heavy atom. The molecule has 0 fully saturated rings. The number of nitrogens with zero attached hydrogens (tertiary/aromatic N) is 1. The minimum Gasteiger partial charge on any atom is -0.497 e. The molecular formula is C22H20N2O4. The smallest absolute Gasteiger partial charge is 0.257 e. The van der Waals surface area contributed by atoms with Crippen LogP contribution in [-0.4, -0.2) is 23.4 Å². The molecule has 1 amide bonds. The normalized spacial score (nSPS) is 10.4. The molecule has 142 valence electrons. The summed E-state index contributed by atoms with van der Waals surface area (Å²) in [5.41, 5.74) is 2.19. The average molecular weight is 376 g/mol. The van der Waals surface area contributed by atoms with E-state index < -0.39 is 0 Å². The van der Waals surface area contributed by atoms with Crippen molar-refractivity contribution in [1.82, 2.24) is 4.57 Å². The molecule has 0 aliphatic heterocycles. The van der Waals surface area contributed by atoms with Crippen LogP contribution in [0.2, 0.25) is 0 Å². The zero-order chi connectivity index (χ0) is 20.1. The first-order chi connectivity index (χ1) is 13.5. The third kappa shape index (κ3) is 4.54. The molecule has 0 unspecified atom stereocenters. The summed E-state index contributed by atoms with van der Waals surface area (Å²) in [6, 6.07) is 16.9. The van der Waals surface area contributed by atoms with Gasteiger partial charge < -0.3 is 14.6 Å². The summed E-state index contributed by atoms with van der Waals surface area (Å²) in [5, 5.41) is 2.77. The monoisotopic (exact) mass is 376 g/mol. The summed E-state index contributed by atoms with van der Waals surface area (Å²) < 4.78 is 6.68. The summed E-state index contributed by atoms with van der Waals surface area (Å²) in [6.45, 7) is 1.81. The standard InChI is InChI=1S/C22H20N2O4/c1-15(25)17-6-9-19(10-7-17)23-22(27)18-8-11-21(26)24(14-18)13-16-4-3-5-20(12-16)28-2/h3-12,14H,13H2,1-2H3,(H,23,27). The summed E-state index contributed by atoms with van der Waals surface area (Å²) in [4.78, 5) is 36.0. The molecule has 0 saturated carbocycles. The van der Waals surface area contributed by atoms with Crippen molar-refractivity contribution < 1.29 is 14.3 Å². The maximum atomic E-state index is 12.5. The van der Waals surface area contributed by atoms with Crippen molar-refractivity contribution in [3.05, 3.63) is 93.9 Å². The Bertz CT molecular complexity index is 1070. The van der Waals surface area contributed by atoms with E-state index in [1.807, 2.05) is 24.3 Å². The van der Waals surface area contributed by atoms with E-state index in [0.717, 1.165) is 5.56 Å². The van der Waals surface area contributed by atoms with Gasteiger partial charge in [-0.3, -0.25) is 14.4 Å². The van der Waals surface area contributed by atoms with Gasteiger partial charge in [0.05, 0.1) is 19.2 Å². The summed E-state index contributed by atoms with van der Waals surface area (Å²) in [6.07, 6.45) is 1.53. The van der Waals surface area contributed by atoms with Crippen LogP contribution in [-0.2, 0) is 6.54 Å². The zero-order valence-corrected chi connectivity index (χ0v) is 15.6. The van der Waals surface area contributed by atoms with Crippen LogP contribution >= 0.6 is 0 Å². The molecule has 0 bridgehead atoms. The molecule has 1 N–H and O–H groups in total. The Hall–Kier alpha value is -3.67. The SMILES string of the molecule is COc1cccc(Cn2cc(C(=O)Nc3ccc(C(C)=O)cc3)ccc2=O)c1. The van der Waals surface area contributed by atoms with Crippen LogP contribution in [0.15, 0.2) is 71.7 Å². The van der Waals surface area contributed by atoms with Crippen molar-refractivity contribution in [3.8, 4) is 5.75 Å². The first-order valence-electron chi connectivity index (χ1n) is 8.72. The Kier molecular flexibility index (Phi) is 5.69. The Morgan fingerprint density at radius 3 is 2.39 bits per heavy atom. The molecule has 0 spiro atoms. The number of hydrogen-bond donors (Lipinski definition) is 1. The number of methoxy groups -OCH3 is 1. The largest absolute Gasteiger partial charge is 0.497 e. The molecule has 2 aromatic carbocycles. The summed E-state index contributed by atoms with van der Waals surface area (Å²) in [7, 11) is 1.58. The lowest BCUT2D eigenvalue weighted by molar-refractivity contribution is 0.101. The van der Waals surface area contributed by atoms with Crippen LogP contribution in [0.25, 0.3) is 0 Å². The van der Waals surface area contributed by atoms with Gasteiger partial charge in [-0.05, 0) is 55.0 Å². The number of ketones is 1. The van der Waals surface area contributed by atoms with E-state index in [1.54, 1.807) is 31.4 Å². The lowest BCUT2D eigenvalue weighted by Gasteiger charge is -2.10. The Morgan fingerprint density at radius 1 is 1.00 bits per heavy atom. The van der Waals surface area contributed by atoms with Crippen LogP contribution in [0.3, 0.4) is 0 Å². The fourth-order valence-electron chi connectivity index (χ4n) is 2.75. The van der Waals surface area contributed by atoms with Gasteiger partial charge >= 0.3 is 0 Å². The highest BCUT2D eigenvalue weighted by molar-refractivity contribution is 6.04. The van der Waals surface area contributed by atoms with Gasteiger partial charge in [0, 0.05) is 23.5 Å². The number of hydrogen-bond acceptors (Lipinski definition) is 4. The van der Waals surface area contributed by atoms with Crippen molar-refractivity contribution >= 4 is 17.4 Å². The first-order valence-corrected chi connectivity index (χ1v) is 8.72. The van der Waals surface area contributed by atoms with Crippen molar-refractivity contribution in [3.63, 3.8) is 0 Å². The number of Topliss-reactive ketones (excluding diaryl/α,β-unsaturated/α-hetero) is 1. The molecule has 0 atom stereocenters. The van der Waals surface area contributed by atoms with Gasteiger partial charge in [0.15, 0.2) is 5.78 Å². The van der Waals surface area contributed by atoms with Crippen molar-refractivity contribution in [2.75, 3.05) is 12.4 Å². The second-order valence-corrected chi connectivity index (χ2v) is 6.32. The maximum absolute atomic E-state index is 12.5. The number of carbonyl (C=O) groups is 2. The zero-order valence-electron chi connectivity index (χ0n) is 15.6. The van der Waals surface area contributed by atoms with Gasteiger partial charge in [-0.15, -0.1) is 0 Å². The quantitative estimate of drug-likeness (QED) is 0.669. The molecule has 0 saturated heterocycles. The number of rotatable bonds is 6. The van der Waals surface area contributed by atoms with E-state index >= 15 is 0 Å². The van der Waals surface area contributed by atoms with Crippen LogP contribution in [0.5, 0.6) is 5.75 Å². The van der Waals surface area contributed by atoms with E-state index in [-0.39, 0.29) is 17.2 Å². The summed E-state index contributed by atoms with van der Waals surface area (Å²) >= 11 is 0. The first kappa shape index (κ1) is 19.1. The fourth-order valence-corrected chi connectivity index (χ4v) is 2.75. The molecule has 1 aromatic heterocycles. The lowest BCUT2D eigenvalue weighted by atomic mass is 10.1. The molecular weight excluding hydrogens is 356 g/mol. The number of amides is 1. The van der Waals surface area contributed by atoms with Crippen LogP contribution in [0, 0.1) is 0 Å². The van der Waals surface area contributed by atoms with E-state index in [2.05, 4.69) is 5.32 Å². The molecule has 6 nitrogen and oxygen atoms in total. The topological polar surface area (TPSA) is 77.4 Å². The molecule has 3 rings (SSSR count). The second-order valence-electron chi connectivity index (χ2n) is 6.32. The third-order valence-electron chi connectivity index (χ3n) is 4.28. The third-order valence-corrected chi connectivity index (χ3v) is 4.28. The highest BCUT2D eigenvalue weighted by Crippen LogP contribution is 2.14. The number of anilines is 1. The molecule has 28 heavy (non-hydrogen) atoms. The van der Waals surface area contributed by atoms with E-state index in [1.165, 1.54) is 29.8 Å². The van der Waals surface area contributed by atoms with E-state index in [0.29, 0.717) is 29.1 Å². The van der Waals surface area contributed by atoms with E-state index in [9.17, 15) is 14.4 Å². The van der Waals surface area contributed by atoms with Crippen LogP contribution in [0.4, 0.5) is 5.69 Å². The van der Waals surface area contributed by atoms with Crippen LogP contribution < -0.4 is 15.6 Å². The number of benzene rings is 2. The average Bonchev–Trinajstić information content (AvgIpc) is 2.70. The van der Waals surface area contributed by atoms with Gasteiger partial charge in [0.2, 0.25) is 0 Å². The van der Waals surface area contributed by atoms with Gasteiger partial charge in [0.1, 0.15) is 5.75 Å². The number of nitrogens with one attached hydrogen (secondary N) is 1. The Balaban J connectivity index is 1.78. The number of aromatic nitrogens is 1. The fraction of sp³-hybridized carbons (Fsp3) is 0.136. The predicted octanol–water partition coefficient (Wildman–Crippen LogP) is 3.36. The number of carbonyl (C=O) groups excluding carboxylic acids is 2. The predicted molar refractivity (Wildman–Crippen MR) is 107 cm³/mol. The van der Waals surface area contributed by atoms with Gasteiger partial charge in [-0.2, -0.15) is 0 Å². The van der Waals surface area contributed by atoms with Crippen LogP contribution in [0.1, 0.15) is 33.2 Å². The molecule has 1 heterocycles. The van der Waals surface area contributed by atoms with Gasteiger partial charge in [0.25, 0.3) is 11.5 Å².